The maximum absolute atomic E-state index is 12.8. The zero-order valence-electron chi connectivity index (χ0n) is 17.2. The number of carbonyl (C=O) groups excluding carboxylic acids is 1. The molecule has 0 fully saturated rings. The molecule has 1 aromatic carbocycles. The van der Waals surface area contributed by atoms with Gasteiger partial charge in [-0.15, -0.1) is 0 Å². The molecular weight excluding hydrogens is 326 g/mol. The Morgan fingerprint density at radius 1 is 0.846 bits per heavy atom. The first-order valence-corrected chi connectivity index (χ1v) is 10.1. The van der Waals surface area contributed by atoms with Gasteiger partial charge in [0.15, 0.2) is 11.5 Å². The Balaban J connectivity index is 2.66. The van der Waals surface area contributed by atoms with E-state index < -0.39 is 0 Å². The quantitative estimate of drug-likeness (QED) is 0.425. The Kier molecular flexibility index (Phi) is 11.6. The van der Waals surface area contributed by atoms with Crippen LogP contribution < -0.4 is 9.47 Å². The zero-order valence-corrected chi connectivity index (χ0v) is 17.2. The summed E-state index contributed by atoms with van der Waals surface area (Å²) in [6.45, 7) is 6.17. The highest BCUT2D eigenvalue weighted by molar-refractivity contribution is 5.79. The molecule has 0 bridgehead atoms. The molecule has 1 aromatic rings. The fourth-order valence-corrected chi connectivity index (χ4v) is 3.10. The van der Waals surface area contributed by atoms with Crippen molar-refractivity contribution < 1.29 is 14.3 Å². The Labute approximate surface area is 159 Å². The highest BCUT2D eigenvalue weighted by atomic mass is 16.5. The molecule has 0 radical (unpaired) electrons. The molecule has 148 valence electrons. The van der Waals surface area contributed by atoms with E-state index in [9.17, 15) is 4.79 Å². The number of ether oxygens (including phenoxy) is 2. The van der Waals surface area contributed by atoms with Crippen molar-refractivity contribution in [2.75, 3.05) is 27.3 Å². The molecule has 0 unspecified atom stereocenters. The van der Waals surface area contributed by atoms with Crippen molar-refractivity contribution in [2.45, 2.75) is 71.6 Å². The second kappa shape index (κ2) is 13.5. The molecule has 0 aliphatic heterocycles. The topological polar surface area (TPSA) is 38.8 Å². The minimum Gasteiger partial charge on any atom is -0.493 e. The molecule has 1 amide bonds. The third-order valence-electron chi connectivity index (χ3n) is 4.72. The van der Waals surface area contributed by atoms with E-state index in [0.29, 0.717) is 17.9 Å². The number of rotatable bonds is 14. The van der Waals surface area contributed by atoms with Crippen molar-refractivity contribution in [1.82, 2.24) is 4.90 Å². The SMILES string of the molecule is CCCCCCN(CCCCCC)C(=O)Cc1ccc(OC)c(OC)c1. The molecule has 0 atom stereocenters. The van der Waals surface area contributed by atoms with Gasteiger partial charge in [0.05, 0.1) is 20.6 Å². The van der Waals surface area contributed by atoms with Crippen LogP contribution in [0.15, 0.2) is 18.2 Å². The average Bonchev–Trinajstić information content (AvgIpc) is 2.66. The number of methoxy groups -OCH3 is 2. The Bertz CT molecular complexity index is 504. The van der Waals surface area contributed by atoms with Crippen LogP contribution in [0.4, 0.5) is 0 Å². The Hall–Kier alpha value is -1.71. The predicted molar refractivity (Wildman–Crippen MR) is 108 cm³/mol. The van der Waals surface area contributed by atoms with Gasteiger partial charge in [-0.1, -0.05) is 58.4 Å². The van der Waals surface area contributed by atoms with Gasteiger partial charge in [-0.05, 0) is 30.5 Å². The summed E-state index contributed by atoms with van der Waals surface area (Å²) in [5.41, 5.74) is 0.972. The lowest BCUT2D eigenvalue weighted by molar-refractivity contribution is -0.130. The first-order chi connectivity index (χ1) is 12.7. The fourth-order valence-electron chi connectivity index (χ4n) is 3.10. The summed E-state index contributed by atoms with van der Waals surface area (Å²) < 4.78 is 10.6. The van der Waals surface area contributed by atoms with Crippen LogP contribution in [-0.2, 0) is 11.2 Å². The molecule has 26 heavy (non-hydrogen) atoms. The molecule has 0 saturated heterocycles. The minimum atomic E-state index is 0.213. The third-order valence-corrected chi connectivity index (χ3v) is 4.72. The molecule has 0 heterocycles. The standard InChI is InChI=1S/C22H37NO3/c1-5-7-9-11-15-23(16-12-10-8-6-2)22(24)18-19-13-14-20(25-3)21(17-19)26-4/h13-14,17H,5-12,15-16,18H2,1-4H3. The summed E-state index contributed by atoms with van der Waals surface area (Å²) >= 11 is 0. The summed E-state index contributed by atoms with van der Waals surface area (Å²) in [6.07, 6.45) is 9.94. The lowest BCUT2D eigenvalue weighted by Gasteiger charge is -2.23. The van der Waals surface area contributed by atoms with E-state index in [1.807, 2.05) is 18.2 Å². The lowest BCUT2D eigenvalue weighted by atomic mass is 10.1. The predicted octanol–water partition coefficient (Wildman–Crippen LogP) is 5.24. The molecule has 0 aliphatic rings. The average molecular weight is 364 g/mol. The van der Waals surface area contributed by atoms with E-state index in [1.54, 1.807) is 14.2 Å². The van der Waals surface area contributed by atoms with Gasteiger partial charge in [0.1, 0.15) is 0 Å². The number of hydrogen-bond donors (Lipinski definition) is 0. The number of amides is 1. The van der Waals surface area contributed by atoms with Crippen LogP contribution in [-0.4, -0.2) is 38.1 Å². The fraction of sp³-hybridized carbons (Fsp3) is 0.682. The van der Waals surface area contributed by atoms with Crippen LogP contribution in [0.25, 0.3) is 0 Å². The molecule has 0 spiro atoms. The monoisotopic (exact) mass is 363 g/mol. The lowest BCUT2D eigenvalue weighted by Crippen LogP contribution is -2.34. The van der Waals surface area contributed by atoms with Crippen molar-refractivity contribution in [2.24, 2.45) is 0 Å². The smallest absolute Gasteiger partial charge is 0.226 e. The van der Waals surface area contributed by atoms with Crippen molar-refractivity contribution in [3.8, 4) is 11.5 Å². The van der Waals surface area contributed by atoms with Crippen LogP contribution >= 0.6 is 0 Å². The molecule has 0 saturated carbocycles. The van der Waals surface area contributed by atoms with E-state index in [2.05, 4.69) is 18.7 Å². The summed E-state index contributed by atoms with van der Waals surface area (Å²) in [5.74, 6) is 1.58. The van der Waals surface area contributed by atoms with Gasteiger partial charge in [0.25, 0.3) is 0 Å². The molecule has 0 N–H and O–H groups in total. The third kappa shape index (κ3) is 8.11. The molecule has 0 aromatic heterocycles. The summed E-state index contributed by atoms with van der Waals surface area (Å²) in [7, 11) is 3.24. The van der Waals surface area contributed by atoms with E-state index in [-0.39, 0.29) is 5.91 Å². The normalized spacial score (nSPS) is 10.6. The number of unbranched alkanes of at least 4 members (excludes halogenated alkanes) is 6. The van der Waals surface area contributed by atoms with Crippen LogP contribution in [0.5, 0.6) is 11.5 Å². The minimum absolute atomic E-state index is 0.213. The van der Waals surface area contributed by atoms with Crippen molar-refractivity contribution >= 4 is 5.91 Å². The number of carbonyl (C=O) groups is 1. The van der Waals surface area contributed by atoms with Crippen LogP contribution in [0.1, 0.15) is 70.8 Å². The maximum Gasteiger partial charge on any atom is 0.226 e. The summed E-state index contributed by atoms with van der Waals surface area (Å²) in [4.78, 5) is 14.9. The first kappa shape index (κ1) is 22.3. The van der Waals surface area contributed by atoms with Gasteiger partial charge >= 0.3 is 0 Å². The van der Waals surface area contributed by atoms with E-state index in [4.69, 9.17) is 9.47 Å². The van der Waals surface area contributed by atoms with Gasteiger partial charge in [-0.2, -0.15) is 0 Å². The molecular formula is C22H37NO3. The Morgan fingerprint density at radius 2 is 1.42 bits per heavy atom. The van der Waals surface area contributed by atoms with Gasteiger partial charge in [0, 0.05) is 13.1 Å². The number of hydrogen-bond acceptors (Lipinski definition) is 3. The van der Waals surface area contributed by atoms with Gasteiger partial charge in [-0.3, -0.25) is 4.79 Å². The summed E-state index contributed by atoms with van der Waals surface area (Å²) in [6, 6.07) is 5.73. The zero-order chi connectivity index (χ0) is 19.2. The van der Waals surface area contributed by atoms with Crippen molar-refractivity contribution in [3.05, 3.63) is 23.8 Å². The highest BCUT2D eigenvalue weighted by Gasteiger charge is 2.15. The molecule has 1 rings (SSSR count). The molecule has 4 nitrogen and oxygen atoms in total. The number of nitrogens with zero attached hydrogens (tertiary/aromatic N) is 1. The van der Waals surface area contributed by atoms with Crippen molar-refractivity contribution in [1.29, 1.82) is 0 Å². The van der Waals surface area contributed by atoms with Crippen LogP contribution in [0.2, 0.25) is 0 Å². The largest absolute Gasteiger partial charge is 0.493 e. The van der Waals surface area contributed by atoms with Gasteiger partial charge in [0.2, 0.25) is 5.91 Å². The highest BCUT2D eigenvalue weighted by Crippen LogP contribution is 2.27. The van der Waals surface area contributed by atoms with Gasteiger partial charge in [-0.25, -0.2) is 0 Å². The Morgan fingerprint density at radius 3 is 1.92 bits per heavy atom. The second-order valence-electron chi connectivity index (χ2n) is 6.87. The molecule has 4 heteroatoms. The summed E-state index contributed by atoms with van der Waals surface area (Å²) in [5, 5.41) is 0. The van der Waals surface area contributed by atoms with Crippen LogP contribution in [0.3, 0.4) is 0 Å². The van der Waals surface area contributed by atoms with Gasteiger partial charge < -0.3 is 14.4 Å². The van der Waals surface area contributed by atoms with Crippen LogP contribution in [0, 0.1) is 0 Å². The first-order valence-electron chi connectivity index (χ1n) is 10.1. The van der Waals surface area contributed by atoms with E-state index in [0.717, 1.165) is 31.5 Å². The van der Waals surface area contributed by atoms with E-state index >= 15 is 0 Å². The maximum atomic E-state index is 12.8. The van der Waals surface area contributed by atoms with Crippen molar-refractivity contribution in [3.63, 3.8) is 0 Å². The number of benzene rings is 1. The second-order valence-corrected chi connectivity index (χ2v) is 6.87. The molecule has 0 aliphatic carbocycles. The van der Waals surface area contributed by atoms with E-state index in [1.165, 1.54) is 38.5 Å².